The number of nitrogens with zero attached hydrogens (tertiary/aromatic N) is 2. The SMILES string of the molecule is COc1ccc(Cl)cc1S(=O)(=O)N1CCN(c2cccc(C(F)(F)F)c2)CC1. The maximum Gasteiger partial charge on any atom is 0.416 e. The van der Waals surface area contributed by atoms with Crippen molar-refractivity contribution in [3.8, 4) is 5.75 Å². The first-order valence-corrected chi connectivity index (χ1v) is 10.2. The third-order valence-electron chi connectivity index (χ3n) is 4.52. The standard InChI is InChI=1S/C18H18ClF3N2O3S/c1-27-16-6-5-14(19)12-17(16)28(25,26)24-9-7-23(8-10-24)15-4-2-3-13(11-15)18(20,21)22/h2-6,11-12H,7-10H2,1H3. The summed E-state index contributed by atoms with van der Waals surface area (Å²) in [5.41, 5.74) is -0.323. The zero-order valence-corrected chi connectivity index (χ0v) is 16.5. The number of sulfonamides is 1. The van der Waals surface area contributed by atoms with Crippen molar-refractivity contribution in [1.29, 1.82) is 0 Å². The van der Waals surface area contributed by atoms with Crippen molar-refractivity contribution in [2.75, 3.05) is 38.2 Å². The Kier molecular flexibility index (Phi) is 5.79. The lowest BCUT2D eigenvalue weighted by molar-refractivity contribution is -0.137. The zero-order chi connectivity index (χ0) is 20.5. The van der Waals surface area contributed by atoms with Gasteiger partial charge < -0.3 is 9.64 Å². The average molecular weight is 435 g/mol. The highest BCUT2D eigenvalue weighted by Gasteiger charge is 2.33. The van der Waals surface area contributed by atoms with Gasteiger partial charge in [0.2, 0.25) is 10.0 Å². The summed E-state index contributed by atoms with van der Waals surface area (Å²) >= 11 is 5.93. The highest BCUT2D eigenvalue weighted by atomic mass is 35.5. The Morgan fingerprint density at radius 1 is 1.04 bits per heavy atom. The van der Waals surface area contributed by atoms with E-state index in [0.717, 1.165) is 12.1 Å². The van der Waals surface area contributed by atoms with E-state index in [4.69, 9.17) is 16.3 Å². The third kappa shape index (κ3) is 4.21. The van der Waals surface area contributed by atoms with E-state index in [1.807, 2.05) is 0 Å². The Bertz CT molecular complexity index is 959. The van der Waals surface area contributed by atoms with Gasteiger partial charge in [-0.25, -0.2) is 8.42 Å². The fourth-order valence-corrected chi connectivity index (χ4v) is 4.90. The number of rotatable bonds is 4. The summed E-state index contributed by atoms with van der Waals surface area (Å²) in [7, 11) is -2.48. The Morgan fingerprint density at radius 2 is 1.71 bits per heavy atom. The summed E-state index contributed by atoms with van der Waals surface area (Å²) in [6, 6.07) is 9.35. The molecule has 1 fully saturated rings. The van der Waals surface area contributed by atoms with Crippen LogP contribution >= 0.6 is 11.6 Å². The van der Waals surface area contributed by atoms with E-state index in [1.54, 1.807) is 11.0 Å². The monoisotopic (exact) mass is 434 g/mol. The lowest BCUT2D eigenvalue weighted by atomic mass is 10.1. The molecule has 1 heterocycles. The molecule has 1 saturated heterocycles. The molecule has 0 aromatic heterocycles. The van der Waals surface area contributed by atoms with Crippen LogP contribution < -0.4 is 9.64 Å². The third-order valence-corrected chi connectivity index (χ3v) is 6.68. The Hall–Kier alpha value is -1.97. The second-order valence-corrected chi connectivity index (χ2v) is 8.58. The van der Waals surface area contributed by atoms with Crippen molar-refractivity contribution in [2.24, 2.45) is 0 Å². The molecule has 1 aliphatic rings. The number of methoxy groups -OCH3 is 1. The number of hydrogen-bond acceptors (Lipinski definition) is 4. The van der Waals surface area contributed by atoms with Gasteiger partial charge in [-0.1, -0.05) is 17.7 Å². The van der Waals surface area contributed by atoms with Crippen LogP contribution in [0.25, 0.3) is 0 Å². The van der Waals surface area contributed by atoms with Gasteiger partial charge in [-0.2, -0.15) is 17.5 Å². The lowest BCUT2D eigenvalue weighted by Gasteiger charge is -2.35. The molecule has 0 unspecified atom stereocenters. The predicted octanol–water partition coefficient (Wildman–Crippen LogP) is 3.88. The molecule has 3 rings (SSSR count). The minimum Gasteiger partial charge on any atom is -0.495 e. The van der Waals surface area contributed by atoms with Gasteiger partial charge >= 0.3 is 6.18 Å². The smallest absolute Gasteiger partial charge is 0.416 e. The molecule has 1 aliphatic heterocycles. The van der Waals surface area contributed by atoms with Crippen molar-refractivity contribution < 1.29 is 26.3 Å². The molecule has 0 atom stereocenters. The van der Waals surface area contributed by atoms with Crippen LogP contribution in [0.5, 0.6) is 5.75 Å². The maximum atomic E-state index is 13.0. The minimum absolute atomic E-state index is 0.0324. The van der Waals surface area contributed by atoms with Gasteiger partial charge in [0.1, 0.15) is 10.6 Å². The van der Waals surface area contributed by atoms with Gasteiger partial charge in [0.25, 0.3) is 0 Å². The van der Waals surface area contributed by atoms with E-state index in [2.05, 4.69) is 0 Å². The predicted molar refractivity (Wildman–Crippen MR) is 100 cm³/mol. The van der Waals surface area contributed by atoms with Crippen LogP contribution in [0.2, 0.25) is 5.02 Å². The van der Waals surface area contributed by atoms with E-state index >= 15 is 0 Å². The molecule has 152 valence electrons. The number of piperazine rings is 1. The minimum atomic E-state index is -4.43. The van der Waals surface area contributed by atoms with E-state index < -0.39 is 21.8 Å². The van der Waals surface area contributed by atoms with Crippen molar-refractivity contribution in [3.05, 3.63) is 53.1 Å². The molecule has 0 aliphatic carbocycles. The topological polar surface area (TPSA) is 49.9 Å². The molecule has 10 heteroatoms. The molecule has 0 N–H and O–H groups in total. The molecule has 0 bridgehead atoms. The van der Waals surface area contributed by atoms with E-state index in [1.165, 1.54) is 35.7 Å². The van der Waals surface area contributed by atoms with Crippen molar-refractivity contribution in [1.82, 2.24) is 4.31 Å². The Morgan fingerprint density at radius 3 is 2.32 bits per heavy atom. The first kappa shape index (κ1) is 20.8. The largest absolute Gasteiger partial charge is 0.495 e. The van der Waals surface area contributed by atoms with E-state index in [9.17, 15) is 21.6 Å². The number of hydrogen-bond donors (Lipinski definition) is 0. The van der Waals surface area contributed by atoms with Crippen molar-refractivity contribution >= 4 is 27.3 Å². The molecule has 0 amide bonds. The van der Waals surface area contributed by atoms with Crippen molar-refractivity contribution in [2.45, 2.75) is 11.1 Å². The summed E-state index contributed by atoms with van der Waals surface area (Å²) in [6.07, 6.45) is -4.43. The normalized spacial score (nSPS) is 16.2. The van der Waals surface area contributed by atoms with Gasteiger partial charge in [-0.15, -0.1) is 0 Å². The maximum absolute atomic E-state index is 13.0. The van der Waals surface area contributed by atoms with E-state index in [0.29, 0.717) is 5.69 Å². The molecular formula is C18H18ClF3N2O3S. The van der Waals surface area contributed by atoms with Gasteiger partial charge in [0.15, 0.2) is 0 Å². The van der Waals surface area contributed by atoms with Crippen LogP contribution in [-0.2, 0) is 16.2 Å². The molecule has 0 radical (unpaired) electrons. The number of halogens is 4. The fraction of sp³-hybridized carbons (Fsp3) is 0.333. The van der Waals surface area contributed by atoms with E-state index in [-0.39, 0.29) is 41.8 Å². The molecule has 5 nitrogen and oxygen atoms in total. The van der Waals surface area contributed by atoms with Crippen LogP contribution in [0, 0.1) is 0 Å². The van der Waals surface area contributed by atoms with Crippen LogP contribution in [0.3, 0.4) is 0 Å². The second kappa shape index (κ2) is 7.81. The number of ether oxygens (including phenoxy) is 1. The number of alkyl halides is 3. The fourth-order valence-electron chi connectivity index (χ4n) is 3.06. The number of anilines is 1. The molecule has 28 heavy (non-hydrogen) atoms. The first-order chi connectivity index (χ1) is 13.1. The highest BCUT2D eigenvalue weighted by molar-refractivity contribution is 7.89. The summed E-state index contributed by atoms with van der Waals surface area (Å²) in [5, 5.41) is 0.266. The Balaban J connectivity index is 1.78. The summed E-state index contributed by atoms with van der Waals surface area (Å²) in [5.74, 6) is 0.185. The lowest BCUT2D eigenvalue weighted by Crippen LogP contribution is -2.48. The van der Waals surface area contributed by atoms with Gasteiger partial charge in [-0.3, -0.25) is 0 Å². The first-order valence-electron chi connectivity index (χ1n) is 8.39. The van der Waals surface area contributed by atoms with Crippen LogP contribution in [0.15, 0.2) is 47.4 Å². The molecule has 2 aromatic carbocycles. The summed E-state index contributed by atoms with van der Waals surface area (Å²) in [4.78, 5) is 1.70. The quantitative estimate of drug-likeness (QED) is 0.732. The van der Waals surface area contributed by atoms with Crippen LogP contribution in [0.1, 0.15) is 5.56 Å². The Labute approximate surface area is 166 Å². The number of benzene rings is 2. The second-order valence-electron chi connectivity index (χ2n) is 6.23. The molecule has 2 aromatic rings. The molecule has 0 saturated carbocycles. The average Bonchev–Trinajstić information content (AvgIpc) is 2.67. The zero-order valence-electron chi connectivity index (χ0n) is 14.9. The van der Waals surface area contributed by atoms with Gasteiger partial charge in [-0.05, 0) is 36.4 Å². The van der Waals surface area contributed by atoms with Crippen LogP contribution in [-0.4, -0.2) is 46.0 Å². The van der Waals surface area contributed by atoms with Crippen molar-refractivity contribution in [3.63, 3.8) is 0 Å². The van der Waals surface area contributed by atoms with Crippen LogP contribution in [0.4, 0.5) is 18.9 Å². The summed E-state index contributed by atoms with van der Waals surface area (Å²) in [6.45, 7) is 0.801. The van der Waals surface area contributed by atoms with Gasteiger partial charge in [0.05, 0.1) is 12.7 Å². The van der Waals surface area contributed by atoms with Gasteiger partial charge in [0, 0.05) is 36.9 Å². The molecular weight excluding hydrogens is 417 g/mol. The molecule has 0 spiro atoms. The highest BCUT2D eigenvalue weighted by Crippen LogP contribution is 2.33. The summed E-state index contributed by atoms with van der Waals surface area (Å²) < 4.78 is 71.1.